The number of aliphatic hydroxyl groups excluding tert-OH is 1. The summed E-state index contributed by atoms with van der Waals surface area (Å²) in [7, 11) is 0. The van der Waals surface area contributed by atoms with Gasteiger partial charge in [0.05, 0.1) is 6.10 Å². The van der Waals surface area contributed by atoms with Gasteiger partial charge in [0.15, 0.2) is 0 Å². The summed E-state index contributed by atoms with van der Waals surface area (Å²) in [5, 5.41) is 11.2. The molecule has 1 nitrogen and oxygen atoms in total. The van der Waals surface area contributed by atoms with Crippen LogP contribution in [0.25, 0.3) is 0 Å². The average Bonchev–Trinajstić information content (AvgIpc) is 2.82. The van der Waals surface area contributed by atoms with Crippen molar-refractivity contribution in [3.63, 3.8) is 0 Å². The summed E-state index contributed by atoms with van der Waals surface area (Å²) in [6.07, 6.45) is 7.40. The van der Waals surface area contributed by atoms with E-state index in [0.717, 1.165) is 30.1 Å². The van der Waals surface area contributed by atoms with Crippen LogP contribution in [0.5, 0.6) is 0 Å². The van der Waals surface area contributed by atoms with Crippen molar-refractivity contribution < 1.29 is 5.11 Å². The van der Waals surface area contributed by atoms with Crippen molar-refractivity contribution in [2.24, 2.45) is 40.4 Å². The van der Waals surface area contributed by atoms with E-state index in [1.807, 2.05) is 0 Å². The Morgan fingerprint density at radius 3 is 2.41 bits per heavy atom. The second kappa shape index (κ2) is 6.46. The van der Waals surface area contributed by atoms with Crippen LogP contribution in [0.1, 0.15) is 87.0 Å². The molecule has 0 aromatic rings. The largest absolute Gasteiger partial charge is 0.393 e. The molecule has 0 saturated heterocycles. The maximum absolute atomic E-state index is 11.2. The zero-order valence-electron chi connectivity index (χ0n) is 16.2. The summed E-state index contributed by atoms with van der Waals surface area (Å²) in [4.78, 5) is 0. The molecular weight excluding hydrogens is 268 g/mol. The summed E-state index contributed by atoms with van der Waals surface area (Å²) in [6, 6.07) is 0. The molecule has 0 aromatic carbocycles. The van der Waals surface area contributed by atoms with Gasteiger partial charge in [0, 0.05) is 0 Å². The highest BCUT2D eigenvalue weighted by Gasteiger charge is 2.59. The molecule has 7 atom stereocenters. The van der Waals surface area contributed by atoms with Gasteiger partial charge < -0.3 is 5.11 Å². The fourth-order valence-corrected chi connectivity index (χ4v) is 6.42. The average molecular weight is 309 g/mol. The molecule has 2 aliphatic rings. The Bertz CT molecular complexity index is 374. The Balaban J connectivity index is 2.26. The molecule has 0 aromatic heterocycles. The van der Waals surface area contributed by atoms with Crippen LogP contribution < -0.4 is 0 Å². The van der Waals surface area contributed by atoms with Crippen LogP contribution in [-0.4, -0.2) is 11.2 Å². The van der Waals surface area contributed by atoms with Gasteiger partial charge in [-0.25, -0.2) is 0 Å². The predicted molar refractivity (Wildman–Crippen MR) is 95.7 cm³/mol. The van der Waals surface area contributed by atoms with E-state index < -0.39 is 0 Å². The van der Waals surface area contributed by atoms with Gasteiger partial charge >= 0.3 is 0 Å². The molecule has 130 valence electrons. The van der Waals surface area contributed by atoms with E-state index in [9.17, 15) is 5.11 Å². The minimum Gasteiger partial charge on any atom is -0.393 e. The molecule has 0 radical (unpaired) electrons. The third-order valence-electron chi connectivity index (χ3n) is 8.20. The highest BCUT2D eigenvalue weighted by molar-refractivity contribution is 5.08. The molecule has 1 N–H and O–H groups in total. The van der Waals surface area contributed by atoms with Crippen LogP contribution >= 0.6 is 0 Å². The zero-order chi connectivity index (χ0) is 16.7. The van der Waals surface area contributed by atoms with E-state index in [1.165, 1.54) is 32.1 Å². The first-order chi connectivity index (χ1) is 10.2. The molecule has 0 heterocycles. The standard InChI is InChI=1S/C21H40O/c1-8-10-14(3)16-11-12-17-15(4)18(20(5,6)9-2)13-19(22)21(16,17)7/h14-19,22H,8-13H2,1-7H3/t14?,15?,16?,17?,18?,19-,21?/m0/s1. The molecule has 0 spiro atoms. The first-order valence-corrected chi connectivity index (χ1v) is 9.88. The van der Waals surface area contributed by atoms with E-state index in [-0.39, 0.29) is 11.5 Å². The van der Waals surface area contributed by atoms with Gasteiger partial charge in [0.1, 0.15) is 0 Å². The summed E-state index contributed by atoms with van der Waals surface area (Å²) in [5.74, 6) is 3.63. The highest BCUT2D eigenvalue weighted by Crippen LogP contribution is 2.63. The number of hydrogen-bond donors (Lipinski definition) is 1. The first kappa shape index (κ1) is 18.3. The molecule has 0 bridgehead atoms. The van der Waals surface area contributed by atoms with Gasteiger partial charge in [0.2, 0.25) is 0 Å². The molecule has 2 saturated carbocycles. The second-order valence-electron chi connectivity index (χ2n) is 9.48. The normalized spacial score (nSPS) is 43.9. The van der Waals surface area contributed by atoms with Crippen molar-refractivity contribution in [3.8, 4) is 0 Å². The van der Waals surface area contributed by atoms with E-state index in [4.69, 9.17) is 0 Å². The molecule has 1 heteroatoms. The van der Waals surface area contributed by atoms with E-state index in [0.29, 0.717) is 11.3 Å². The van der Waals surface area contributed by atoms with Crippen molar-refractivity contribution >= 4 is 0 Å². The number of rotatable bonds is 5. The topological polar surface area (TPSA) is 20.2 Å². The Labute approximate surface area is 139 Å². The second-order valence-corrected chi connectivity index (χ2v) is 9.48. The van der Waals surface area contributed by atoms with Gasteiger partial charge in [-0.15, -0.1) is 0 Å². The van der Waals surface area contributed by atoms with Gasteiger partial charge in [0.25, 0.3) is 0 Å². The minimum atomic E-state index is -0.101. The van der Waals surface area contributed by atoms with Crippen LogP contribution in [-0.2, 0) is 0 Å². The summed E-state index contributed by atoms with van der Waals surface area (Å²) in [5.41, 5.74) is 0.517. The van der Waals surface area contributed by atoms with Gasteiger partial charge in [-0.1, -0.05) is 67.7 Å². The Kier molecular flexibility index (Phi) is 5.37. The smallest absolute Gasteiger partial charge is 0.0602 e. The van der Waals surface area contributed by atoms with Crippen LogP contribution in [0.15, 0.2) is 0 Å². The Hall–Kier alpha value is -0.0400. The van der Waals surface area contributed by atoms with Crippen LogP contribution in [0.4, 0.5) is 0 Å². The van der Waals surface area contributed by atoms with Gasteiger partial charge in [-0.3, -0.25) is 0 Å². The van der Waals surface area contributed by atoms with Crippen molar-refractivity contribution in [2.45, 2.75) is 93.1 Å². The fourth-order valence-electron chi connectivity index (χ4n) is 6.42. The molecule has 22 heavy (non-hydrogen) atoms. The number of aliphatic hydroxyl groups is 1. The SMILES string of the molecule is CCCC(C)C1CCC2C(C)C(C(C)(C)CC)C[C@H](O)C12C. The third-order valence-corrected chi connectivity index (χ3v) is 8.20. The van der Waals surface area contributed by atoms with Crippen LogP contribution in [0.3, 0.4) is 0 Å². The molecular formula is C21H40O. The number of fused-ring (bicyclic) bond motifs is 1. The van der Waals surface area contributed by atoms with Gasteiger partial charge in [-0.2, -0.15) is 0 Å². The molecule has 2 aliphatic carbocycles. The molecule has 2 fully saturated rings. The molecule has 0 aliphatic heterocycles. The predicted octanol–water partition coefficient (Wildman–Crippen LogP) is 5.91. The molecule has 6 unspecified atom stereocenters. The maximum atomic E-state index is 11.2. The summed E-state index contributed by atoms with van der Waals surface area (Å²) < 4.78 is 0. The van der Waals surface area contributed by atoms with Crippen LogP contribution in [0, 0.1) is 40.4 Å². The van der Waals surface area contributed by atoms with Crippen molar-refractivity contribution in [1.82, 2.24) is 0 Å². The summed E-state index contributed by atoms with van der Waals surface area (Å²) in [6.45, 7) is 16.8. The van der Waals surface area contributed by atoms with Crippen molar-refractivity contribution in [3.05, 3.63) is 0 Å². The summed E-state index contributed by atoms with van der Waals surface area (Å²) >= 11 is 0. The first-order valence-electron chi connectivity index (χ1n) is 9.88. The monoisotopic (exact) mass is 308 g/mol. The molecule has 0 amide bonds. The number of hydrogen-bond acceptors (Lipinski definition) is 1. The lowest BCUT2D eigenvalue weighted by molar-refractivity contribution is -0.127. The zero-order valence-corrected chi connectivity index (χ0v) is 16.2. The third kappa shape index (κ3) is 2.76. The Morgan fingerprint density at radius 1 is 1.23 bits per heavy atom. The lowest BCUT2D eigenvalue weighted by atomic mass is 9.51. The lowest BCUT2D eigenvalue weighted by Crippen LogP contribution is -2.53. The lowest BCUT2D eigenvalue weighted by Gasteiger charge is -2.55. The quantitative estimate of drug-likeness (QED) is 0.669. The fraction of sp³-hybridized carbons (Fsp3) is 1.00. The van der Waals surface area contributed by atoms with E-state index in [1.54, 1.807) is 0 Å². The van der Waals surface area contributed by atoms with Gasteiger partial charge in [-0.05, 0) is 59.7 Å². The highest BCUT2D eigenvalue weighted by atomic mass is 16.3. The maximum Gasteiger partial charge on any atom is 0.0602 e. The van der Waals surface area contributed by atoms with Crippen molar-refractivity contribution in [2.75, 3.05) is 0 Å². The van der Waals surface area contributed by atoms with E-state index in [2.05, 4.69) is 48.5 Å². The van der Waals surface area contributed by atoms with Crippen LogP contribution in [0.2, 0.25) is 0 Å². The minimum absolute atomic E-state index is 0.101. The Morgan fingerprint density at radius 2 is 1.86 bits per heavy atom. The van der Waals surface area contributed by atoms with Crippen molar-refractivity contribution in [1.29, 1.82) is 0 Å². The molecule has 2 rings (SSSR count). The van der Waals surface area contributed by atoms with E-state index >= 15 is 0 Å².